The number of para-hydroxylation sites is 1. The van der Waals surface area contributed by atoms with Crippen LogP contribution in [0.3, 0.4) is 0 Å². The maximum Gasteiger partial charge on any atom is 0.274 e. The second-order valence-electron chi connectivity index (χ2n) is 7.26. The van der Waals surface area contributed by atoms with Crippen molar-refractivity contribution in [2.75, 3.05) is 0 Å². The molecule has 150 valence electrons. The van der Waals surface area contributed by atoms with Crippen LogP contribution in [0.15, 0.2) is 91.0 Å². The van der Waals surface area contributed by atoms with Gasteiger partial charge < -0.3 is 0 Å². The minimum Gasteiger partial charge on any atom is -0.289 e. The average Bonchev–Trinajstić information content (AvgIpc) is 2.79. The third-order valence-corrected chi connectivity index (χ3v) is 5.01. The summed E-state index contributed by atoms with van der Waals surface area (Å²) in [4.78, 5) is 18.7. The van der Waals surface area contributed by atoms with E-state index < -0.39 is 5.91 Å². The van der Waals surface area contributed by atoms with Crippen molar-refractivity contribution >= 4 is 16.8 Å². The smallest absolute Gasteiger partial charge is 0.274 e. The Morgan fingerprint density at radius 3 is 2.17 bits per heavy atom. The Morgan fingerprint density at radius 1 is 0.767 bits per heavy atom. The van der Waals surface area contributed by atoms with Crippen molar-refractivity contribution in [3.05, 3.63) is 113 Å². The lowest BCUT2D eigenvalue weighted by Crippen LogP contribution is -2.23. The first-order valence-electron chi connectivity index (χ1n) is 9.85. The second-order valence-corrected chi connectivity index (χ2v) is 7.26. The summed E-state index contributed by atoms with van der Waals surface area (Å²) in [5.74, 6) is -0.511. The van der Waals surface area contributed by atoms with Gasteiger partial charge in [-0.2, -0.15) is 0 Å². The predicted octanol–water partition coefficient (Wildman–Crippen LogP) is 4.56. The van der Waals surface area contributed by atoms with E-state index in [1.165, 1.54) is 5.56 Å². The molecule has 3 aromatic carbocycles. The normalized spacial score (nSPS) is 11.0. The topological polar surface area (TPSA) is 65.5 Å². The second kappa shape index (κ2) is 9.31. The maximum absolute atomic E-state index is 11.6. The number of carbonyl (C=O) groups excluding carboxylic acids is 1. The SMILES string of the molecule is O=C(NO)c1ccc(CN(Cc2ccccc2)Cc2ccc3ccccc3n2)cc1. The zero-order valence-electron chi connectivity index (χ0n) is 16.5. The summed E-state index contributed by atoms with van der Waals surface area (Å²) in [6, 6.07) is 29.9. The summed E-state index contributed by atoms with van der Waals surface area (Å²) >= 11 is 0. The number of benzene rings is 3. The molecule has 4 aromatic rings. The highest BCUT2D eigenvalue weighted by molar-refractivity contribution is 5.93. The number of fused-ring (bicyclic) bond motifs is 1. The first-order chi connectivity index (χ1) is 14.7. The van der Waals surface area contributed by atoms with Crippen LogP contribution in [0, 0.1) is 0 Å². The van der Waals surface area contributed by atoms with Gasteiger partial charge in [-0.15, -0.1) is 0 Å². The van der Waals surface area contributed by atoms with Gasteiger partial charge >= 0.3 is 0 Å². The van der Waals surface area contributed by atoms with Gasteiger partial charge in [-0.3, -0.25) is 19.9 Å². The van der Waals surface area contributed by atoms with E-state index in [2.05, 4.69) is 35.2 Å². The summed E-state index contributed by atoms with van der Waals surface area (Å²) in [5.41, 5.74) is 6.41. The third-order valence-electron chi connectivity index (χ3n) is 5.01. The van der Waals surface area contributed by atoms with Crippen molar-refractivity contribution < 1.29 is 10.0 Å². The number of aromatic nitrogens is 1. The van der Waals surface area contributed by atoms with Gasteiger partial charge in [0.25, 0.3) is 5.91 Å². The summed E-state index contributed by atoms with van der Waals surface area (Å²) in [7, 11) is 0. The fourth-order valence-corrected chi connectivity index (χ4v) is 3.52. The summed E-state index contributed by atoms with van der Waals surface area (Å²) in [6.45, 7) is 2.21. The van der Waals surface area contributed by atoms with Gasteiger partial charge in [0.05, 0.1) is 11.2 Å². The van der Waals surface area contributed by atoms with Gasteiger partial charge in [0, 0.05) is 30.6 Å². The molecule has 5 nitrogen and oxygen atoms in total. The van der Waals surface area contributed by atoms with Crippen molar-refractivity contribution in [3.8, 4) is 0 Å². The van der Waals surface area contributed by atoms with E-state index in [-0.39, 0.29) is 0 Å². The number of hydrogen-bond donors (Lipinski definition) is 2. The Bertz CT molecular complexity index is 1130. The average molecular weight is 397 g/mol. The molecule has 0 bridgehead atoms. The van der Waals surface area contributed by atoms with E-state index in [1.54, 1.807) is 17.6 Å². The van der Waals surface area contributed by atoms with E-state index >= 15 is 0 Å². The van der Waals surface area contributed by atoms with Crippen LogP contribution in [0.1, 0.15) is 27.2 Å². The summed E-state index contributed by atoms with van der Waals surface area (Å²) in [5, 5.41) is 9.92. The Balaban J connectivity index is 1.56. The van der Waals surface area contributed by atoms with Crippen molar-refractivity contribution in [2.24, 2.45) is 0 Å². The quantitative estimate of drug-likeness (QED) is 0.355. The number of carbonyl (C=O) groups is 1. The molecule has 0 aliphatic rings. The molecule has 4 rings (SSSR count). The minimum absolute atomic E-state index is 0.423. The summed E-state index contributed by atoms with van der Waals surface area (Å²) in [6.07, 6.45) is 0. The van der Waals surface area contributed by atoms with Crippen LogP contribution >= 0.6 is 0 Å². The molecule has 0 aliphatic heterocycles. The highest BCUT2D eigenvalue weighted by Gasteiger charge is 2.11. The lowest BCUT2D eigenvalue weighted by molar-refractivity contribution is 0.0706. The number of nitrogens with zero attached hydrogens (tertiary/aromatic N) is 2. The molecule has 1 amide bonds. The van der Waals surface area contributed by atoms with E-state index in [4.69, 9.17) is 10.2 Å². The Morgan fingerprint density at radius 2 is 1.43 bits per heavy atom. The van der Waals surface area contributed by atoms with E-state index in [0.717, 1.165) is 28.7 Å². The molecular formula is C25H23N3O2. The van der Waals surface area contributed by atoms with E-state index in [0.29, 0.717) is 18.7 Å². The molecule has 0 atom stereocenters. The van der Waals surface area contributed by atoms with Crippen LogP contribution in [0.2, 0.25) is 0 Å². The number of rotatable bonds is 7. The molecule has 0 aliphatic carbocycles. The Labute approximate surface area is 175 Å². The Kier molecular flexibility index (Phi) is 6.13. The third kappa shape index (κ3) is 4.89. The number of nitrogens with one attached hydrogen (secondary N) is 1. The van der Waals surface area contributed by atoms with Crippen LogP contribution in [-0.2, 0) is 19.6 Å². The summed E-state index contributed by atoms with van der Waals surface area (Å²) < 4.78 is 0. The molecule has 0 saturated heterocycles. The molecule has 0 unspecified atom stereocenters. The van der Waals surface area contributed by atoms with Gasteiger partial charge in [-0.1, -0.05) is 66.7 Å². The molecule has 0 spiro atoms. The van der Waals surface area contributed by atoms with Crippen LogP contribution in [0.5, 0.6) is 0 Å². The molecule has 0 fully saturated rings. The number of hydrogen-bond acceptors (Lipinski definition) is 4. The lowest BCUT2D eigenvalue weighted by atomic mass is 10.1. The highest BCUT2D eigenvalue weighted by atomic mass is 16.5. The fourth-order valence-electron chi connectivity index (χ4n) is 3.52. The largest absolute Gasteiger partial charge is 0.289 e. The molecular weight excluding hydrogens is 374 g/mol. The van der Waals surface area contributed by atoms with Crippen LogP contribution in [0.4, 0.5) is 0 Å². The van der Waals surface area contributed by atoms with E-state index in [9.17, 15) is 4.79 Å². The predicted molar refractivity (Wildman–Crippen MR) is 117 cm³/mol. The molecule has 0 saturated carbocycles. The molecule has 1 heterocycles. The minimum atomic E-state index is -0.511. The molecule has 2 N–H and O–H groups in total. The zero-order valence-corrected chi connectivity index (χ0v) is 16.5. The molecule has 1 aromatic heterocycles. The number of pyridine rings is 1. The van der Waals surface area contributed by atoms with Crippen LogP contribution < -0.4 is 5.48 Å². The van der Waals surface area contributed by atoms with Crippen molar-refractivity contribution in [2.45, 2.75) is 19.6 Å². The zero-order chi connectivity index (χ0) is 20.8. The Hall–Kier alpha value is -3.54. The molecule has 0 radical (unpaired) electrons. The molecule has 30 heavy (non-hydrogen) atoms. The van der Waals surface area contributed by atoms with Gasteiger partial charge in [0.15, 0.2) is 0 Å². The number of amides is 1. The monoisotopic (exact) mass is 397 g/mol. The lowest BCUT2D eigenvalue weighted by Gasteiger charge is -2.22. The van der Waals surface area contributed by atoms with Gasteiger partial charge in [0.2, 0.25) is 0 Å². The first kappa shape index (κ1) is 19.8. The standard InChI is InChI=1S/C25H23N3O2/c29-25(27-30)22-12-10-20(11-13-22)17-28(16-19-6-2-1-3-7-19)18-23-15-14-21-8-4-5-9-24(21)26-23/h1-15,30H,16-18H2,(H,27,29). The van der Waals surface area contributed by atoms with Gasteiger partial charge in [-0.25, -0.2) is 5.48 Å². The van der Waals surface area contributed by atoms with Gasteiger partial charge in [0.1, 0.15) is 0 Å². The van der Waals surface area contributed by atoms with E-state index in [1.807, 2.05) is 48.5 Å². The van der Waals surface area contributed by atoms with Crippen LogP contribution in [0.25, 0.3) is 10.9 Å². The van der Waals surface area contributed by atoms with Gasteiger partial charge in [-0.05, 0) is 35.4 Å². The highest BCUT2D eigenvalue weighted by Crippen LogP contribution is 2.17. The maximum atomic E-state index is 11.6. The van der Waals surface area contributed by atoms with Crippen molar-refractivity contribution in [3.63, 3.8) is 0 Å². The first-order valence-corrected chi connectivity index (χ1v) is 9.85. The molecule has 5 heteroatoms. The van der Waals surface area contributed by atoms with Crippen molar-refractivity contribution in [1.29, 1.82) is 0 Å². The van der Waals surface area contributed by atoms with Crippen LogP contribution in [-0.4, -0.2) is 21.0 Å². The fraction of sp³-hybridized carbons (Fsp3) is 0.120. The number of hydroxylamine groups is 1. The van der Waals surface area contributed by atoms with Crippen molar-refractivity contribution in [1.82, 2.24) is 15.4 Å².